The van der Waals surface area contributed by atoms with Crippen molar-refractivity contribution in [2.75, 3.05) is 11.4 Å². The lowest BCUT2D eigenvalue weighted by Crippen LogP contribution is -2.42. The Morgan fingerprint density at radius 3 is 2.29 bits per heavy atom. The second-order valence-corrected chi connectivity index (χ2v) is 12.0. The van der Waals surface area contributed by atoms with Gasteiger partial charge in [-0.3, -0.25) is 4.31 Å². The van der Waals surface area contributed by atoms with Crippen molar-refractivity contribution < 1.29 is 23.1 Å². The third-order valence-corrected chi connectivity index (χ3v) is 9.37. The maximum Gasteiger partial charge on any atom is 0.297 e. The Kier molecular flexibility index (Phi) is 8.10. The molecule has 0 fully saturated rings. The molecular formula is C32H33N3O5S. The summed E-state index contributed by atoms with van der Waals surface area (Å²) in [6, 6.07) is 26.7. The molecule has 0 aliphatic carbocycles. The molecule has 0 spiro atoms. The van der Waals surface area contributed by atoms with Crippen molar-refractivity contribution in [1.29, 1.82) is 0 Å². The lowest BCUT2D eigenvalue weighted by molar-refractivity contribution is -0.116. The van der Waals surface area contributed by atoms with E-state index in [0.717, 1.165) is 23.0 Å². The minimum absolute atomic E-state index is 0.0593. The third-order valence-electron chi connectivity index (χ3n) is 7.73. The van der Waals surface area contributed by atoms with E-state index in [4.69, 9.17) is 4.74 Å². The van der Waals surface area contributed by atoms with E-state index in [1.54, 1.807) is 18.2 Å². The fourth-order valence-electron chi connectivity index (χ4n) is 5.71. The zero-order valence-corrected chi connectivity index (χ0v) is 23.8. The van der Waals surface area contributed by atoms with Crippen LogP contribution in [0.4, 0.5) is 5.69 Å². The van der Waals surface area contributed by atoms with E-state index in [1.807, 2.05) is 73.7 Å². The molecule has 1 aliphatic heterocycles. The molecule has 0 amide bonds. The first-order valence-corrected chi connectivity index (χ1v) is 15.0. The van der Waals surface area contributed by atoms with Crippen molar-refractivity contribution in [3.05, 3.63) is 125 Å². The Bertz CT molecular complexity index is 1580. The zero-order chi connectivity index (χ0) is 29.0. The van der Waals surface area contributed by atoms with Gasteiger partial charge in [0.2, 0.25) is 5.16 Å². The van der Waals surface area contributed by atoms with Crippen LogP contribution in [0.2, 0.25) is 0 Å². The van der Waals surface area contributed by atoms with Gasteiger partial charge in [-0.2, -0.15) is 8.42 Å². The van der Waals surface area contributed by atoms with Gasteiger partial charge in [0.1, 0.15) is 11.9 Å². The molecule has 8 nitrogen and oxygen atoms in total. The van der Waals surface area contributed by atoms with Gasteiger partial charge in [-0.25, -0.2) is 4.98 Å². The van der Waals surface area contributed by atoms with Gasteiger partial charge in [0.15, 0.2) is 0 Å². The molecule has 0 saturated carbocycles. The molecule has 1 aliphatic rings. The minimum atomic E-state index is -3.90. The van der Waals surface area contributed by atoms with Crippen molar-refractivity contribution in [3.63, 3.8) is 0 Å². The summed E-state index contributed by atoms with van der Waals surface area (Å²) >= 11 is 0. The van der Waals surface area contributed by atoms with Crippen molar-refractivity contribution in [1.82, 2.24) is 9.97 Å². The van der Waals surface area contributed by atoms with Crippen LogP contribution in [0.15, 0.2) is 114 Å². The molecule has 2 unspecified atom stereocenters. The van der Waals surface area contributed by atoms with E-state index in [-0.39, 0.29) is 29.7 Å². The van der Waals surface area contributed by atoms with E-state index >= 15 is 0 Å². The summed E-state index contributed by atoms with van der Waals surface area (Å²) < 4.78 is 34.3. The SMILES string of the molecule is CCC(C1=C(O)CC(c2ccccc2)(c2ccccc2)OC1CC=O)c1cccc(N(C)S(=O)(=O)c2ncc[nH]2)c1. The Morgan fingerprint density at radius 2 is 1.73 bits per heavy atom. The molecule has 0 saturated heterocycles. The Balaban J connectivity index is 1.58. The zero-order valence-electron chi connectivity index (χ0n) is 23.0. The van der Waals surface area contributed by atoms with E-state index in [0.29, 0.717) is 17.7 Å². The molecule has 212 valence electrons. The Labute approximate surface area is 240 Å². The number of aliphatic hydroxyl groups is 1. The topological polar surface area (TPSA) is 113 Å². The number of aromatic nitrogens is 2. The maximum absolute atomic E-state index is 13.1. The lowest BCUT2D eigenvalue weighted by atomic mass is 9.75. The number of imidazole rings is 1. The predicted molar refractivity (Wildman–Crippen MR) is 157 cm³/mol. The Hall–Kier alpha value is -4.21. The van der Waals surface area contributed by atoms with Gasteiger partial charge >= 0.3 is 0 Å². The smallest absolute Gasteiger partial charge is 0.297 e. The number of carbonyl (C=O) groups is 1. The molecule has 2 N–H and O–H groups in total. The highest BCUT2D eigenvalue weighted by Crippen LogP contribution is 2.49. The highest BCUT2D eigenvalue weighted by Gasteiger charge is 2.46. The molecule has 0 bridgehead atoms. The molecule has 1 aromatic heterocycles. The summed E-state index contributed by atoms with van der Waals surface area (Å²) in [4.78, 5) is 18.5. The van der Waals surface area contributed by atoms with E-state index in [2.05, 4.69) is 9.97 Å². The van der Waals surface area contributed by atoms with Crippen molar-refractivity contribution >= 4 is 22.0 Å². The molecule has 3 aromatic carbocycles. The van der Waals surface area contributed by atoms with Crippen LogP contribution in [0.3, 0.4) is 0 Å². The summed E-state index contributed by atoms with van der Waals surface area (Å²) in [5.74, 6) is -0.145. The predicted octanol–water partition coefficient (Wildman–Crippen LogP) is 5.86. The highest BCUT2D eigenvalue weighted by atomic mass is 32.2. The number of aromatic amines is 1. The second-order valence-electron chi connectivity index (χ2n) is 10.1. The summed E-state index contributed by atoms with van der Waals surface area (Å²) in [5.41, 5.74) is 2.67. The van der Waals surface area contributed by atoms with Crippen LogP contribution in [0, 0.1) is 0 Å². The van der Waals surface area contributed by atoms with Gasteiger partial charge in [-0.05, 0) is 35.2 Å². The number of hydrogen-bond donors (Lipinski definition) is 2. The fourth-order valence-corrected chi connectivity index (χ4v) is 6.78. The van der Waals surface area contributed by atoms with E-state index < -0.39 is 21.7 Å². The standard InChI is InChI=1S/C32H33N3O5S/c1-3-27(23-11-10-16-26(21-23)35(2)41(38,39)31-33-18-19-34-31)30-28(37)22-32(40-29(30)17-20-36,24-12-6-4-7-13-24)25-14-8-5-9-15-25/h4-16,18-21,27,29,37H,3,17,22H2,1-2H3,(H,33,34). The summed E-state index contributed by atoms with van der Waals surface area (Å²) in [5, 5.41) is 11.6. The number of ether oxygens (including phenoxy) is 1. The van der Waals surface area contributed by atoms with E-state index in [1.165, 1.54) is 23.7 Å². The maximum atomic E-state index is 13.1. The normalized spacial score (nSPS) is 17.7. The molecular weight excluding hydrogens is 538 g/mol. The Morgan fingerprint density at radius 1 is 1.07 bits per heavy atom. The van der Waals surface area contributed by atoms with Gasteiger partial charge in [0, 0.05) is 43.8 Å². The number of nitrogens with zero attached hydrogens (tertiary/aromatic N) is 2. The number of rotatable bonds is 10. The number of aliphatic hydroxyl groups excluding tert-OH is 1. The number of H-pyrrole nitrogens is 1. The summed E-state index contributed by atoms with van der Waals surface area (Å²) in [6.45, 7) is 2.00. The lowest BCUT2D eigenvalue weighted by Gasteiger charge is -2.44. The largest absolute Gasteiger partial charge is 0.512 e. The van der Waals surface area contributed by atoms with Crippen LogP contribution in [0.1, 0.15) is 48.8 Å². The van der Waals surface area contributed by atoms with Crippen LogP contribution in [0.25, 0.3) is 0 Å². The average molecular weight is 572 g/mol. The van der Waals surface area contributed by atoms with Crippen LogP contribution in [-0.4, -0.2) is 42.9 Å². The summed E-state index contributed by atoms with van der Waals surface area (Å²) in [7, 11) is -2.42. The number of aldehydes is 1. The van der Waals surface area contributed by atoms with Crippen LogP contribution in [0.5, 0.6) is 0 Å². The first-order valence-electron chi connectivity index (χ1n) is 13.5. The number of benzene rings is 3. The average Bonchev–Trinajstić information content (AvgIpc) is 3.56. The van der Waals surface area contributed by atoms with Crippen molar-refractivity contribution in [2.24, 2.45) is 0 Å². The first-order chi connectivity index (χ1) is 19.8. The van der Waals surface area contributed by atoms with Gasteiger partial charge in [-0.15, -0.1) is 0 Å². The second kappa shape index (κ2) is 11.7. The molecule has 2 heterocycles. The van der Waals surface area contributed by atoms with Gasteiger partial charge in [0.05, 0.1) is 17.6 Å². The van der Waals surface area contributed by atoms with Gasteiger partial charge < -0.3 is 19.6 Å². The number of sulfonamides is 1. The minimum Gasteiger partial charge on any atom is -0.512 e. The monoisotopic (exact) mass is 571 g/mol. The molecule has 9 heteroatoms. The fraction of sp³-hybridized carbons (Fsp3) is 0.250. The molecule has 2 atom stereocenters. The van der Waals surface area contributed by atoms with Crippen molar-refractivity contribution in [3.8, 4) is 0 Å². The van der Waals surface area contributed by atoms with Crippen molar-refractivity contribution in [2.45, 2.75) is 49.0 Å². The number of nitrogens with one attached hydrogen (secondary N) is 1. The van der Waals surface area contributed by atoms with E-state index in [9.17, 15) is 18.3 Å². The molecule has 4 aromatic rings. The van der Waals surface area contributed by atoms with Gasteiger partial charge in [0.25, 0.3) is 10.0 Å². The molecule has 5 rings (SSSR count). The number of hydrogen-bond acceptors (Lipinski definition) is 6. The number of carbonyl (C=O) groups excluding carboxylic acids is 1. The quantitative estimate of drug-likeness (QED) is 0.231. The first kappa shape index (κ1) is 28.3. The number of anilines is 1. The van der Waals surface area contributed by atoms with Crippen LogP contribution >= 0.6 is 0 Å². The van der Waals surface area contributed by atoms with Gasteiger partial charge in [-0.1, -0.05) is 79.7 Å². The highest BCUT2D eigenvalue weighted by molar-refractivity contribution is 7.92. The third kappa shape index (κ3) is 5.30. The summed E-state index contributed by atoms with van der Waals surface area (Å²) in [6.07, 6.45) is 3.82. The molecule has 41 heavy (non-hydrogen) atoms. The van der Waals surface area contributed by atoms with Crippen LogP contribution in [-0.2, 0) is 25.2 Å². The van der Waals surface area contributed by atoms with Crippen LogP contribution < -0.4 is 4.31 Å². The molecule has 0 radical (unpaired) electrons.